The summed E-state index contributed by atoms with van der Waals surface area (Å²) >= 11 is 0. The Labute approximate surface area is 388 Å². The lowest BCUT2D eigenvalue weighted by Gasteiger charge is -1.90. The molecule has 0 fully saturated rings. The van der Waals surface area contributed by atoms with Crippen LogP contribution in [0.3, 0.4) is 0 Å². The Balaban J connectivity index is -0.0000000620. The number of carbonyl (C=O) groups is 7. The first-order valence-electron chi connectivity index (χ1n) is 23.6. The predicted molar refractivity (Wildman–Crippen MR) is 259 cm³/mol. The number of carbonyl (C=O) groups excluding carboxylic acids is 7. The van der Waals surface area contributed by atoms with Crippen LogP contribution in [0.5, 0.6) is 0 Å². The summed E-state index contributed by atoms with van der Waals surface area (Å²) in [6.45, 7) is 39.0. The minimum Gasteiger partial charge on any atom is -0.466 e. The quantitative estimate of drug-likeness (QED) is 0.0677. The molecule has 0 aromatic heterocycles. The summed E-state index contributed by atoms with van der Waals surface area (Å²) in [6.07, 6.45) is 21.0. The normalized spacial score (nSPS) is 8.25. The summed E-state index contributed by atoms with van der Waals surface area (Å²) < 4.78 is 30.8. The average molecular weight is 917 g/mol. The van der Waals surface area contributed by atoms with Crippen LogP contribution in [0.25, 0.3) is 0 Å². The van der Waals surface area contributed by atoms with E-state index in [0.29, 0.717) is 46.2 Å². The van der Waals surface area contributed by atoms with Gasteiger partial charge in [0.25, 0.3) is 0 Å². The maximum atomic E-state index is 9.82. The molecule has 0 saturated carbocycles. The first-order valence-corrected chi connectivity index (χ1v) is 23.6. The Morgan fingerprint density at radius 1 is 0.206 bits per heavy atom. The molecule has 0 aromatic carbocycles. The van der Waals surface area contributed by atoms with Crippen LogP contribution in [-0.2, 0) is 66.7 Å². The third kappa shape index (κ3) is 215. The Morgan fingerprint density at radius 3 is 0.333 bits per heavy atom. The molecule has 63 heavy (non-hydrogen) atoms. The number of hydrogen-bond acceptors (Lipinski definition) is 14. The zero-order chi connectivity index (χ0) is 51.5. The lowest BCUT2D eigenvalue weighted by Crippen LogP contribution is -1.95. The third-order valence-electron chi connectivity index (χ3n) is 6.05. The highest BCUT2D eigenvalue weighted by molar-refractivity contribution is 5.67. The SMILES string of the molecule is CCCCCCC.CCCCCCC.CCCCCCC.CCOC(C)=O.CCOC(C)=O.CCOC(C)=O.CCOC(C)=O.CCOC(C)=O.CCOC(C)=O.CCOC(C)=O. The average Bonchev–Trinajstić information content (AvgIpc) is 3.17. The number of hydrogen-bond donors (Lipinski definition) is 0. The van der Waals surface area contributed by atoms with Crippen LogP contribution >= 0.6 is 0 Å². The third-order valence-corrected chi connectivity index (χ3v) is 6.05. The molecule has 0 atom stereocenters. The highest BCUT2D eigenvalue weighted by Crippen LogP contribution is 2.01. The summed E-state index contributed by atoms with van der Waals surface area (Å²) in [6, 6.07) is 0. The van der Waals surface area contributed by atoms with Gasteiger partial charge >= 0.3 is 41.8 Å². The van der Waals surface area contributed by atoms with Crippen molar-refractivity contribution < 1.29 is 66.7 Å². The summed E-state index contributed by atoms with van der Waals surface area (Å²) in [7, 11) is 0. The van der Waals surface area contributed by atoms with Gasteiger partial charge in [0.1, 0.15) is 0 Å². The summed E-state index contributed by atoms with van der Waals surface area (Å²) in [5.74, 6) is -1.47. The first-order chi connectivity index (χ1) is 29.6. The van der Waals surface area contributed by atoms with E-state index in [9.17, 15) is 33.6 Å². The van der Waals surface area contributed by atoms with E-state index in [0.717, 1.165) is 0 Å². The molecule has 384 valence electrons. The van der Waals surface area contributed by atoms with Crippen LogP contribution < -0.4 is 0 Å². The highest BCUT2D eigenvalue weighted by atomic mass is 16.6. The highest BCUT2D eigenvalue weighted by Gasteiger charge is 1.86. The second kappa shape index (κ2) is 89.3. The molecule has 0 amide bonds. The van der Waals surface area contributed by atoms with Crippen molar-refractivity contribution in [1.29, 1.82) is 0 Å². The number of unbranched alkanes of at least 4 members (excludes halogenated alkanes) is 12. The fourth-order valence-electron chi connectivity index (χ4n) is 3.45. The van der Waals surface area contributed by atoms with Gasteiger partial charge in [-0.15, -0.1) is 0 Å². The van der Waals surface area contributed by atoms with E-state index in [1.165, 1.54) is 145 Å². The molecular formula is C49H104O14. The molecule has 14 heteroatoms. The topological polar surface area (TPSA) is 184 Å². The monoisotopic (exact) mass is 917 g/mol. The number of esters is 7. The summed E-state index contributed by atoms with van der Waals surface area (Å²) in [5.41, 5.74) is 0. The Kier molecular flexibility index (Phi) is 118. The van der Waals surface area contributed by atoms with Gasteiger partial charge in [0.2, 0.25) is 0 Å². The minimum atomic E-state index is -0.211. The van der Waals surface area contributed by atoms with Gasteiger partial charge in [-0.1, -0.05) is 138 Å². The molecule has 0 aliphatic heterocycles. The summed E-state index contributed by atoms with van der Waals surface area (Å²) in [5, 5.41) is 0. The second-order valence-corrected chi connectivity index (χ2v) is 12.7. The molecule has 0 bridgehead atoms. The van der Waals surface area contributed by atoms with E-state index in [4.69, 9.17) is 0 Å². The maximum Gasteiger partial charge on any atom is 0.302 e. The van der Waals surface area contributed by atoms with Crippen molar-refractivity contribution >= 4 is 41.8 Å². The Morgan fingerprint density at radius 2 is 0.302 bits per heavy atom. The smallest absolute Gasteiger partial charge is 0.302 e. The van der Waals surface area contributed by atoms with Crippen molar-refractivity contribution in [3.05, 3.63) is 0 Å². The van der Waals surface area contributed by atoms with Gasteiger partial charge in [-0.3, -0.25) is 33.6 Å². The van der Waals surface area contributed by atoms with Crippen LogP contribution in [0.15, 0.2) is 0 Å². The molecule has 0 aromatic rings. The number of rotatable bonds is 19. The van der Waals surface area contributed by atoms with Crippen molar-refractivity contribution in [2.45, 2.75) is 235 Å². The van der Waals surface area contributed by atoms with Gasteiger partial charge in [0.15, 0.2) is 0 Å². The summed E-state index contributed by atoms with van der Waals surface area (Å²) in [4.78, 5) is 68.8. The van der Waals surface area contributed by atoms with Crippen LogP contribution in [-0.4, -0.2) is 88.0 Å². The van der Waals surface area contributed by atoms with E-state index >= 15 is 0 Å². The standard InChI is InChI=1S/3C7H16.7C4H8O2/c3*1-3-5-7-6-4-2;7*1-3-6-4(2)5/h3*3-7H2,1-2H3;7*3H2,1-2H3. The van der Waals surface area contributed by atoms with E-state index in [1.54, 1.807) is 48.5 Å². The van der Waals surface area contributed by atoms with Crippen molar-refractivity contribution in [2.24, 2.45) is 0 Å². The molecule has 0 spiro atoms. The van der Waals surface area contributed by atoms with Gasteiger partial charge in [-0.2, -0.15) is 0 Å². The molecular weight excluding hydrogens is 813 g/mol. The predicted octanol–water partition coefficient (Wildman–Crippen LogP) is 12.9. The molecule has 0 N–H and O–H groups in total. The van der Waals surface area contributed by atoms with Crippen LogP contribution in [0, 0.1) is 0 Å². The fraction of sp³-hybridized carbons (Fsp3) is 0.857. The molecule has 14 nitrogen and oxygen atoms in total. The van der Waals surface area contributed by atoms with Gasteiger partial charge in [0.05, 0.1) is 46.2 Å². The zero-order valence-corrected chi connectivity index (χ0v) is 44.8. The van der Waals surface area contributed by atoms with Crippen molar-refractivity contribution in [1.82, 2.24) is 0 Å². The molecule has 0 radical (unpaired) electrons. The second-order valence-electron chi connectivity index (χ2n) is 12.7. The van der Waals surface area contributed by atoms with E-state index in [1.807, 2.05) is 0 Å². The van der Waals surface area contributed by atoms with E-state index in [2.05, 4.69) is 74.7 Å². The molecule has 0 aliphatic rings. The Bertz CT molecular complexity index is 700. The first kappa shape index (κ1) is 82.9. The van der Waals surface area contributed by atoms with Crippen molar-refractivity contribution in [3.63, 3.8) is 0 Å². The molecule has 0 aliphatic carbocycles. The number of ether oxygens (including phenoxy) is 7. The van der Waals surface area contributed by atoms with Crippen LogP contribution in [0.1, 0.15) is 235 Å². The van der Waals surface area contributed by atoms with Gasteiger partial charge in [-0.05, 0) is 48.5 Å². The Hall–Kier alpha value is -3.71. The van der Waals surface area contributed by atoms with Crippen molar-refractivity contribution in [3.8, 4) is 0 Å². The molecule has 0 rings (SSSR count). The van der Waals surface area contributed by atoms with Gasteiger partial charge in [-0.25, -0.2) is 0 Å². The van der Waals surface area contributed by atoms with E-state index in [-0.39, 0.29) is 41.8 Å². The van der Waals surface area contributed by atoms with Gasteiger partial charge < -0.3 is 33.2 Å². The van der Waals surface area contributed by atoms with Crippen LogP contribution in [0.2, 0.25) is 0 Å². The van der Waals surface area contributed by atoms with Gasteiger partial charge in [0, 0.05) is 48.5 Å². The lowest BCUT2D eigenvalue weighted by molar-refractivity contribution is -0.141. The minimum absolute atomic E-state index is 0.211. The van der Waals surface area contributed by atoms with E-state index < -0.39 is 0 Å². The maximum absolute atomic E-state index is 9.82. The lowest BCUT2D eigenvalue weighted by atomic mass is 10.2. The molecule has 0 unspecified atom stereocenters. The molecule has 0 heterocycles. The zero-order valence-electron chi connectivity index (χ0n) is 44.8. The largest absolute Gasteiger partial charge is 0.466 e. The van der Waals surface area contributed by atoms with Crippen LogP contribution in [0.4, 0.5) is 0 Å². The molecule has 0 saturated heterocycles. The fourth-order valence-corrected chi connectivity index (χ4v) is 3.45. The van der Waals surface area contributed by atoms with Crippen molar-refractivity contribution in [2.75, 3.05) is 46.2 Å².